The second-order valence-corrected chi connectivity index (χ2v) is 4.51. The average molecular weight is 273 g/mol. The number of amides is 1. The van der Waals surface area contributed by atoms with E-state index in [0.717, 1.165) is 0 Å². The highest BCUT2D eigenvalue weighted by Crippen LogP contribution is 2.34. The van der Waals surface area contributed by atoms with Crippen LogP contribution in [0.2, 0.25) is 0 Å². The Kier molecular flexibility index (Phi) is 4.11. The van der Waals surface area contributed by atoms with Gasteiger partial charge in [-0.05, 0) is 26.0 Å². The van der Waals surface area contributed by atoms with Crippen molar-refractivity contribution in [3.8, 4) is 17.6 Å². The van der Waals surface area contributed by atoms with Gasteiger partial charge in [0.05, 0.1) is 0 Å². The number of rotatable bonds is 4. The quantitative estimate of drug-likeness (QED) is 0.645. The molecule has 0 aromatic heterocycles. The molecule has 1 aromatic rings. The molecule has 2 N–H and O–H groups in total. The smallest absolute Gasteiger partial charge is 0.263 e. The van der Waals surface area contributed by atoms with E-state index in [1.54, 1.807) is 18.2 Å². The molecule has 0 unspecified atom stereocenters. The maximum Gasteiger partial charge on any atom is 0.263 e. The van der Waals surface area contributed by atoms with Gasteiger partial charge in [0.25, 0.3) is 5.91 Å². The summed E-state index contributed by atoms with van der Waals surface area (Å²) in [5.41, 5.74) is 0.718. The lowest BCUT2D eigenvalue weighted by molar-refractivity contribution is -0.117. The van der Waals surface area contributed by atoms with Crippen molar-refractivity contribution in [1.82, 2.24) is 5.32 Å². The van der Waals surface area contributed by atoms with Crippen LogP contribution < -0.4 is 20.1 Å². The molecule has 1 amide bonds. The maximum atomic E-state index is 11.7. The van der Waals surface area contributed by atoms with Crippen LogP contribution >= 0.6 is 0 Å². The monoisotopic (exact) mass is 273 g/mol. The summed E-state index contributed by atoms with van der Waals surface area (Å²) in [5, 5.41) is 14.5. The Morgan fingerprint density at radius 1 is 1.40 bits per heavy atom. The standard InChI is InChI=1S/C14H15N3O3/c1-9(2)17-14(18)10(6-15)7-16-11-3-4-12-13(5-11)20-8-19-12/h3-5,7,9,16H,8H2,1-2H3,(H,17,18)/b10-7-. The van der Waals surface area contributed by atoms with Crippen molar-refractivity contribution >= 4 is 11.6 Å². The Hall–Kier alpha value is -2.68. The van der Waals surface area contributed by atoms with Gasteiger partial charge in [0, 0.05) is 24.0 Å². The Bertz CT molecular complexity index is 588. The van der Waals surface area contributed by atoms with Crippen LogP contribution in [0.3, 0.4) is 0 Å². The first-order chi connectivity index (χ1) is 9.60. The Morgan fingerprint density at radius 3 is 2.85 bits per heavy atom. The number of fused-ring (bicyclic) bond motifs is 1. The highest BCUT2D eigenvalue weighted by Gasteiger charge is 2.13. The van der Waals surface area contributed by atoms with Crippen LogP contribution in [0.25, 0.3) is 0 Å². The van der Waals surface area contributed by atoms with E-state index >= 15 is 0 Å². The predicted molar refractivity (Wildman–Crippen MR) is 73.2 cm³/mol. The fourth-order valence-electron chi connectivity index (χ4n) is 1.63. The van der Waals surface area contributed by atoms with Crippen LogP contribution in [0.1, 0.15) is 13.8 Å². The number of nitrogens with zero attached hydrogens (tertiary/aromatic N) is 1. The summed E-state index contributed by atoms with van der Waals surface area (Å²) >= 11 is 0. The summed E-state index contributed by atoms with van der Waals surface area (Å²) in [6.07, 6.45) is 1.37. The molecule has 0 saturated heterocycles. The topological polar surface area (TPSA) is 83.4 Å². The predicted octanol–water partition coefficient (Wildman–Crippen LogP) is 1.76. The molecule has 0 spiro atoms. The summed E-state index contributed by atoms with van der Waals surface area (Å²) in [6.45, 7) is 3.87. The number of carbonyl (C=O) groups excluding carboxylic acids is 1. The zero-order valence-electron chi connectivity index (χ0n) is 11.3. The number of hydrogen-bond donors (Lipinski definition) is 2. The van der Waals surface area contributed by atoms with Crippen LogP contribution in [0.5, 0.6) is 11.5 Å². The van der Waals surface area contributed by atoms with E-state index in [9.17, 15) is 4.79 Å². The lowest BCUT2D eigenvalue weighted by Crippen LogP contribution is -2.31. The second kappa shape index (κ2) is 5.97. The fraction of sp³-hybridized carbons (Fsp3) is 0.286. The fourth-order valence-corrected chi connectivity index (χ4v) is 1.63. The van der Waals surface area contributed by atoms with E-state index in [1.165, 1.54) is 6.20 Å². The molecule has 20 heavy (non-hydrogen) atoms. The van der Waals surface area contributed by atoms with E-state index in [0.29, 0.717) is 17.2 Å². The van der Waals surface area contributed by atoms with Gasteiger partial charge in [0.2, 0.25) is 6.79 Å². The molecule has 1 aliphatic rings. The molecule has 0 atom stereocenters. The largest absolute Gasteiger partial charge is 0.454 e. The van der Waals surface area contributed by atoms with Gasteiger partial charge in [-0.25, -0.2) is 0 Å². The number of nitrogens with one attached hydrogen (secondary N) is 2. The molecule has 2 rings (SSSR count). The maximum absolute atomic E-state index is 11.7. The average Bonchev–Trinajstić information content (AvgIpc) is 2.86. The molecule has 1 aromatic carbocycles. The number of carbonyl (C=O) groups is 1. The van der Waals surface area contributed by atoms with Crippen LogP contribution in [0.15, 0.2) is 30.0 Å². The third-order valence-electron chi connectivity index (χ3n) is 2.54. The van der Waals surface area contributed by atoms with E-state index in [-0.39, 0.29) is 18.4 Å². The van der Waals surface area contributed by atoms with Crippen molar-refractivity contribution in [3.05, 3.63) is 30.0 Å². The molecule has 0 bridgehead atoms. The molecule has 1 heterocycles. The number of nitriles is 1. The normalized spacial score (nSPS) is 13.0. The number of benzene rings is 1. The summed E-state index contributed by atoms with van der Waals surface area (Å²) in [4.78, 5) is 11.7. The molecule has 6 heteroatoms. The minimum Gasteiger partial charge on any atom is -0.454 e. The minimum atomic E-state index is -0.407. The van der Waals surface area contributed by atoms with Crippen molar-refractivity contribution in [2.45, 2.75) is 19.9 Å². The van der Waals surface area contributed by atoms with Crippen LogP contribution in [0, 0.1) is 11.3 Å². The van der Waals surface area contributed by atoms with Crippen molar-refractivity contribution in [3.63, 3.8) is 0 Å². The van der Waals surface area contributed by atoms with E-state index in [1.807, 2.05) is 19.9 Å². The molecule has 0 fully saturated rings. The summed E-state index contributed by atoms with van der Waals surface area (Å²) in [7, 11) is 0. The highest BCUT2D eigenvalue weighted by molar-refractivity contribution is 5.97. The van der Waals surface area contributed by atoms with Gasteiger partial charge in [0.1, 0.15) is 11.6 Å². The van der Waals surface area contributed by atoms with E-state index < -0.39 is 5.91 Å². The molecule has 6 nitrogen and oxygen atoms in total. The molecular formula is C14H15N3O3. The number of hydrogen-bond acceptors (Lipinski definition) is 5. The molecule has 0 radical (unpaired) electrons. The Balaban J connectivity index is 2.07. The van der Waals surface area contributed by atoms with Gasteiger partial charge in [-0.1, -0.05) is 0 Å². The minimum absolute atomic E-state index is 0.0105. The second-order valence-electron chi connectivity index (χ2n) is 4.51. The van der Waals surface area contributed by atoms with Gasteiger partial charge in [-0.2, -0.15) is 5.26 Å². The third-order valence-corrected chi connectivity index (χ3v) is 2.54. The Labute approximate surface area is 117 Å². The molecule has 0 aliphatic carbocycles. The Morgan fingerprint density at radius 2 is 2.15 bits per heavy atom. The van der Waals surface area contributed by atoms with Gasteiger partial charge in [0.15, 0.2) is 11.5 Å². The van der Waals surface area contributed by atoms with Crippen LogP contribution in [-0.4, -0.2) is 18.7 Å². The third kappa shape index (κ3) is 3.20. The van der Waals surface area contributed by atoms with Crippen molar-refractivity contribution in [2.75, 3.05) is 12.1 Å². The van der Waals surface area contributed by atoms with Crippen LogP contribution in [0.4, 0.5) is 5.69 Å². The zero-order valence-corrected chi connectivity index (χ0v) is 11.3. The van der Waals surface area contributed by atoms with E-state index in [4.69, 9.17) is 14.7 Å². The first-order valence-electron chi connectivity index (χ1n) is 6.17. The number of anilines is 1. The van der Waals surface area contributed by atoms with Gasteiger partial charge < -0.3 is 20.1 Å². The summed E-state index contributed by atoms with van der Waals surface area (Å²) in [5.74, 6) is 0.905. The highest BCUT2D eigenvalue weighted by atomic mass is 16.7. The molecule has 104 valence electrons. The van der Waals surface area contributed by atoms with Gasteiger partial charge >= 0.3 is 0 Å². The first-order valence-corrected chi connectivity index (χ1v) is 6.17. The summed E-state index contributed by atoms with van der Waals surface area (Å²) < 4.78 is 10.4. The zero-order chi connectivity index (χ0) is 14.5. The van der Waals surface area contributed by atoms with Gasteiger partial charge in [-0.3, -0.25) is 4.79 Å². The molecule has 1 aliphatic heterocycles. The lowest BCUT2D eigenvalue weighted by Gasteiger charge is -2.07. The lowest BCUT2D eigenvalue weighted by atomic mass is 10.2. The van der Waals surface area contributed by atoms with Gasteiger partial charge in [-0.15, -0.1) is 0 Å². The van der Waals surface area contributed by atoms with E-state index in [2.05, 4.69) is 10.6 Å². The van der Waals surface area contributed by atoms with Crippen LogP contribution in [-0.2, 0) is 4.79 Å². The SMILES string of the molecule is CC(C)NC(=O)/C(C#N)=C\Nc1ccc2c(c1)OCO2. The first kappa shape index (κ1) is 13.7. The number of ether oxygens (including phenoxy) is 2. The van der Waals surface area contributed by atoms with Crippen molar-refractivity contribution in [1.29, 1.82) is 5.26 Å². The van der Waals surface area contributed by atoms with Crippen molar-refractivity contribution in [2.24, 2.45) is 0 Å². The molecular weight excluding hydrogens is 258 g/mol. The van der Waals surface area contributed by atoms with Crippen molar-refractivity contribution < 1.29 is 14.3 Å². The molecule has 0 saturated carbocycles. The summed E-state index contributed by atoms with van der Waals surface area (Å²) in [6, 6.07) is 7.12.